The van der Waals surface area contributed by atoms with Crippen molar-refractivity contribution in [1.29, 1.82) is 0 Å². The van der Waals surface area contributed by atoms with Crippen LogP contribution in [0.25, 0.3) is 10.9 Å². The van der Waals surface area contributed by atoms with Crippen molar-refractivity contribution >= 4 is 10.9 Å². The number of hydrogen-bond donors (Lipinski definition) is 1. The molecule has 20 heavy (non-hydrogen) atoms. The van der Waals surface area contributed by atoms with Crippen LogP contribution in [0.1, 0.15) is 11.1 Å². The number of aliphatic hydroxyl groups excluding tert-OH is 1. The predicted molar refractivity (Wildman–Crippen MR) is 75.3 cm³/mol. The number of aliphatic hydroxyl groups is 1. The van der Waals surface area contributed by atoms with E-state index in [0.717, 1.165) is 11.1 Å². The molecule has 0 atom stereocenters. The zero-order valence-electron chi connectivity index (χ0n) is 10.7. The summed E-state index contributed by atoms with van der Waals surface area (Å²) in [6.45, 7) is 0.373. The first-order valence-corrected chi connectivity index (χ1v) is 6.29. The normalized spacial score (nSPS) is 10.8. The van der Waals surface area contributed by atoms with Gasteiger partial charge in [-0.1, -0.05) is 41.6 Å². The van der Waals surface area contributed by atoms with Gasteiger partial charge in [0.05, 0.1) is 18.5 Å². The minimum atomic E-state index is -0.151. The number of benzene rings is 2. The zero-order chi connectivity index (χ0) is 13.9. The highest BCUT2D eigenvalue weighted by molar-refractivity contribution is 5.76. The van der Waals surface area contributed by atoms with E-state index in [1.165, 1.54) is 4.68 Å². The van der Waals surface area contributed by atoms with Gasteiger partial charge >= 0.3 is 0 Å². The lowest BCUT2D eigenvalue weighted by molar-refractivity contribution is 0.282. The van der Waals surface area contributed by atoms with Crippen molar-refractivity contribution in [3.05, 3.63) is 70.0 Å². The second-order valence-corrected chi connectivity index (χ2v) is 4.54. The molecule has 0 fully saturated rings. The average Bonchev–Trinajstić information content (AvgIpc) is 2.51. The smallest absolute Gasteiger partial charge is 0.277 e. The lowest BCUT2D eigenvalue weighted by Gasteiger charge is -2.05. The third kappa shape index (κ3) is 2.31. The molecule has 0 spiro atoms. The fourth-order valence-electron chi connectivity index (χ4n) is 2.05. The minimum absolute atomic E-state index is 0.00993. The van der Waals surface area contributed by atoms with Gasteiger partial charge in [0, 0.05) is 0 Å². The lowest BCUT2D eigenvalue weighted by atomic mass is 10.1. The molecule has 0 saturated carbocycles. The molecule has 0 aliphatic carbocycles. The van der Waals surface area contributed by atoms with E-state index in [9.17, 15) is 4.79 Å². The molecule has 3 aromatic rings. The molecule has 3 rings (SSSR count). The van der Waals surface area contributed by atoms with Crippen molar-refractivity contribution < 1.29 is 5.11 Å². The van der Waals surface area contributed by atoms with E-state index in [0.29, 0.717) is 17.4 Å². The summed E-state index contributed by atoms with van der Waals surface area (Å²) in [5.41, 5.74) is 2.23. The van der Waals surface area contributed by atoms with Crippen LogP contribution in [0.5, 0.6) is 0 Å². The van der Waals surface area contributed by atoms with E-state index in [-0.39, 0.29) is 12.2 Å². The Morgan fingerprint density at radius 3 is 2.45 bits per heavy atom. The quantitative estimate of drug-likeness (QED) is 0.777. The van der Waals surface area contributed by atoms with Gasteiger partial charge in [-0.15, -0.1) is 5.10 Å². The fourth-order valence-corrected chi connectivity index (χ4v) is 2.05. The van der Waals surface area contributed by atoms with Crippen LogP contribution < -0.4 is 5.56 Å². The molecular formula is C15H13N3O2. The summed E-state index contributed by atoms with van der Waals surface area (Å²) in [5, 5.41) is 17.6. The molecule has 2 aromatic carbocycles. The Morgan fingerprint density at radius 1 is 1.00 bits per heavy atom. The van der Waals surface area contributed by atoms with Crippen LogP contribution in [-0.4, -0.2) is 20.1 Å². The van der Waals surface area contributed by atoms with Crippen LogP contribution in [-0.2, 0) is 13.2 Å². The molecule has 5 nitrogen and oxygen atoms in total. The first-order valence-electron chi connectivity index (χ1n) is 6.29. The summed E-state index contributed by atoms with van der Waals surface area (Å²) in [5.74, 6) is 0. The third-order valence-corrected chi connectivity index (χ3v) is 3.17. The summed E-state index contributed by atoms with van der Waals surface area (Å²) < 4.78 is 1.34. The third-order valence-electron chi connectivity index (χ3n) is 3.17. The molecule has 1 heterocycles. The summed E-state index contributed by atoms with van der Waals surface area (Å²) >= 11 is 0. The molecule has 0 aliphatic rings. The van der Waals surface area contributed by atoms with Crippen molar-refractivity contribution in [3.63, 3.8) is 0 Å². The Labute approximate surface area is 115 Å². The first-order chi connectivity index (χ1) is 9.78. The monoisotopic (exact) mass is 267 g/mol. The highest BCUT2D eigenvalue weighted by Gasteiger charge is 2.05. The maximum atomic E-state index is 12.3. The van der Waals surface area contributed by atoms with Gasteiger partial charge < -0.3 is 5.11 Å². The fraction of sp³-hybridized carbons (Fsp3) is 0.133. The van der Waals surface area contributed by atoms with Gasteiger partial charge in [0.1, 0.15) is 5.52 Å². The van der Waals surface area contributed by atoms with Crippen molar-refractivity contribution in [3.8, 4) is 0 Å². The Hall–Kier alpha value is -2.53. The molecular weight excluding hydrogens is 254 g/mol. The molecule has 0 unspecified atom stereocenters. The summed E-state index contributed by atoms with van der Waals surface area (Å²) in [6.07, 6.45) is 0. The van der Waals surface area contributed by atoms with Crippen LogP contribution in [0.2, 0.25) is 0 Å². The van der Waals surface area contributed by atoms with E-state index < -0.39 is 0 Å². The van der Waals surface area contributed by atoms with Gasteiger partial charge in [-0.3, -0.25) is 4.79 Å². The van der Waals surface area contributed by atoms with E-state index >= 15 is 0 Å². The van der Waals surface area contributed by atoms with Gasteiger partial charge in [-0.25, -0.2) is 4.68 Å². The van der Waals surface area contributed by atoms with E-state index in [2.05, 4.69) is 10.3 Å². The molecule has 0 aliphatic heterocycles. The van der Waals surface area contributed by atoms with Crippen LogP contribution in [0, 0.1) is 0 Å². The standard InChI is InChI=1S/C15H13N3O2/c19-10-12-7-5-11(6-8-12)9-18-15(20)13-3-1-2-4-14(13)16-17-18/h1-8,19H,9-10H2. The second-order valence-electron chi connectivity index (χ2n) is 4.54. The number of hydrogen-bond acceptors (Lipinski definition) is 4. The van der Waals surface area contributed by atoms with Gasteiger partial charge in [-0.2, -0.15) is 0 Å². The predicted octanol–water partition coefficient (Wildman–Crippen LogP) is 1.33. The van der Waals surface area contributed by atoms with Gasteiger partial charge in [0.2, 0.25) is 0 Å². The topological polar surface area (TPSA) is 68.0 Å². The number of nitrogens with zero attached hydrogens (tertiary/aromatic N) is 3. The Balaban J connectivity index is 1.98. The largest absolute Gasteiger partial charge is 0.392 e. The van der Waals surface area contributed by atoms with Crippen LogP contribution in [0.3, 0.4) is 0 Å². The Kier molecular flexibility index (Phi) is 3.26. The van der Waals surface area contributed by atoms with E-state index in [4.69, 9.17) is 5.11 Å². The lowest BCUT2D eigenvalue weighted by Crippen LogP contribution is -2.24. The van der Waals surface area contributed by atoms with Crippen LogP contribution in [0.4, 0.5) is 0 Å². The Bertz CT molecular complexity index is 794. The van der Waals surface area contributed by atoms with Gasteiger partial charge in [-0.05, 0) is 23.3 Å². The molecule has 0 amide bonds. The minimum Gasteiger partial charge on any atom is -0.392 e. The van der Waals surface area contributed by atoms with Gasteiger partial charge in [0.25, 0.3) is 5.56 Å². The number of fused-ring (bicyclic) bond motifs is 1. The van der Waals surface area contributed by atoms with Crippen molar-refractivity contribution in [1.82, 2.24) is 15.0 Å². The van der Waals surface area contributed by atoms with Gasteiger partial charge in [0.15, 0.2) is 0 Å². The van der Waals surface area contributed by atoms with Crippen molar-refractivity contribution in [2.45, 2.75) is 13.2 Å². The summed E-state index contributed by atoms with van der Waals surface area (Å²) in [7, 11) is 0. The molecule has 5 heteroatoms. The highest BCUT2D eigenvalue weighted by Crippen LogP contribution is 2.07. The number of rotatable bonds is 3. The maximum absolute atomic E-state index is 12.3. The van der Waals surface area contributed by atoms with Crippen LogP contribution >= 0.6 is 0 Å². The molecule has 100 valence electrons. The molecule has 0 radical (unpaired) electrons. The summed E-state index contributed by atoms with van der Waals surface area (Å²) in [6, 6.07) is 14.6. The highest BCUT2D eigenvalue weighted by atomic mass is 16.3. The summed E-state index contributed by atoms with van der Waals surface area (Å²) in [4.78, 5) is 12.3. The molecule has 1 aromatic heterocycles. The maximum Gasteiger partial charge on any atom is 0.277 e. The van der Waals surface area contributed by atoms with Crippen LogP contribution in [0.15, 0.2) is 53.3 Å². The van der Waals surface area contributed by atoms with Crippen molar-refractivity contribution in [2.75, 3.05) is 0 Å². The molecule has 1 N–H and O–H groups in total. The molecule has 0 saturated heterocycles. The number of aromatic nitrogens is 3. The SMILES string of the molecule is O=c1c2ccccc2nnn1Cc1ccc(CO)cc1. The van der Waals surface area contributed by atoms with Crippen molar-refractivity contribution in [2.24, 2.45) is 0 Å². The Morgan fingerprint density at radius 2 is 1.70 bits per heavy atom. The second kappa shape index (κ2) is 5.22. The van der Waals surface area contributed by atoms with E-state index in [1.54, 1.807) is 12.1 Å². The molecule has 0 bridgehead atoms. The first kappa shape index (κ1) is 12.5. The average molecular weight is 267 g/mol. The zero-order valence-corrected chi connectivity index (χ0v) is 10.7. The van der Waals surface area contributed by atoms with E-state index in [1.807, 2.05) is 36.4 Å².